The van der Waals surface area contributed by atoms with E-state index in [9.17, 15) is 9.59 Å². The summed E-state index contributed by atoms with van der Waals surface area (Å²) in [4.78, 5) is 25.7. The standard InChI is InChI=1S/C27H28O4/c1-3-4-18-31-23-13-10-21(11-14-23)27(29)25-16-15-24(30-2)19-22(25)12-17-26(28)20-8-6-5-7-9-20/h5-11,13-16,19H,3-4,12,17-18H2,1-2H3. The Morgan fingerprint density at radius 3 is 2.23 bits per heavy atom. The van der Waals surface area contributed by atoms with Crippen LogP contribution < -0.4 is 9.47 Å². The molecule has 0 saturated carbocycles. The van der Waals surface area contributed by atoms with Crippen molar-refractivity contribution in [2.24, 2.45) is 0 Å². The summed E-state index contributed by atoms with van der Waals surface area (Å²) in [6.45, 7) is 2.78. The number of hydrogen-bond donors (Lipinski definition) is 0. The maximum absolute atomic E-state index is 13.2. The first-order valence-electron chi connectivity index (χ1n) is 10.6. The van der Waals surface area contributed by atoms with Crippen LogP contribution in [0.15, 0.2) is 72.8 Å². The van der Waals surface area contributed by atoms with E-state index in [1.54, 1.807) is 31.4 Å². The summed E-state index contributed by atoms with van der Waals surface area (Å²) in [5, 5.41) is 0. The second kappa shape index (κ2) is 11.1. The number of unbranched alkanes of at least 4 members (excludes halogenated alkanes) is 1. The lowest BCUT2D eigenvalue weighted by molar-refractivity contribution is 0.0979. The van der Waals surface area contributed by atoms with Crippen molar-refractivity contribution in [3.8, 4) is 11.5 Å². The van der Waals surface area contributed by atoms with Gasteiger partial charge in [-0.1, -0.05) is 43.7 Å². The Balaban J connectivity index is 1.77. The fraction of sp³-hybridized carbons (Fsp3) is 0.259. The summed E-state index contributed by atoms with van der Waals surface area (Å²) in [7, 11) is 1.59. The highest BCUT2D eigenvalue weighted by atomic mass is 16.5. The minimum atomic E-state index is -0.0788. The molecule has 3 rings (SSSR count). The van der Waals surface area contributed by atoms with E-state index in [1.807, 2.05) is 48.5 Å². The molecule has 0 aliphatic rings. The van der Waals surface area contributed by atoms with Crippen molar-refractivity contribution in [3.05, 3.63) is 95.1 Å². The van der Waals surface area contributed by atoms with Crippen molar-refractivity contribution in [2.45, 2.75) is 32.6 Å². The van der Waals surface area contributed by atoms with E-state index in [1.165, 1.54) is 0 Å². The molecule has 0 heterocycles. The van der Waals surface area contributed by atoms with Crippen molar-refractivity contribution in [3.63, 3.8) is 0 Å². The van der Waals surface area contributed by atoms with E-state index in [0.717, 1.165) is 24.2 Å². The Labute approximate surface area is 183 Å². The van der Waals surface area contributed by atoms with Crippen LogP contribution in [-0.4, -0.2) is 25.3 Å². The van der Waals surface area contributed by atoms with Crippen LogP contribution in [0, 0.1) is 0 Å². The van der Waals surface area contributed by atoms with Crippen LogP contribution in [0.3, 0.4) is 0 Å². The lowest BCUT2D eigenvalue weighted by Crippen LogP contribution is -2.08. The highest BCUT2D eigenvalue weighted by molar-refractivity contribution is 6.10. The molecule has 0 aliphatic carbocycles. The SMILES string of the molecule is CCCCOc1ccc(C(=O)c2ccc(OC)cc2CCC(=O)c2ccccc2)cc1. The number of benzene rings is 3. The number of carbonyl (C=O) groups excluding carboxylic acids is 2. The van der Waals surface area contributed by atoms with Gasteiger partial charge < -0.3 is 9.47 Å². The van der Waals surface area contributed by atoms with Crippen LogP contribution in [0.25, 0.3) is 0 Å². The lowest BCUT2D eigenvalue weighted by Gasteiger charge is -2.12. The molecule has 0 N–H and O–H groups in total. The number of aryl methyl sites for hydroxylation is 1. The van der Waals surface area contributed by atoms with E-state index >= 15 is 0 Å². The van der Waals surface area contributed by atoms with Crippen molar-refractivity contribution in [2.75, 3.05) is 13.7 Å². The van der Waals surface area contributed by atoms with Crippen LogP contribution in [0.5, 0.6) is 11.5 Å². The zero-order valence-corrected chi connectivity index (χ0v) is 18.1. The number of ketones is 2. The molecule has 3 aromatic rings. The number of ether oxygens (including phenoxy) is 2. The van der Waals surface area contributed by atoms with Crippen LogP contribution >= 0.6 is 0 Å². The molecule has 0 fully saturated rings. The second-order valence-electron chi connectivity index (χ2n) is 7.37. The van der Waals surface area contributed by atoms with E-state index in [4.69, 9.17) is 9.47 Å². The highest BCUT2D eigenvalue weighted by Gasteiger charge is 2.16. The van der Waals surface area contributed by atoms with Gasteiger partial charge in [-0.3, -0.25) is 9.59 Å². The van der Waals surface area contributed by atoms with Crippen LogP contribution in [0.4, 0.5) is 0 Å². The Morgan fingerprint density at radius 1 is 0.839 bits per heavy atom. The summed E-state index contributed by atoms with van der Waals surface area (Å²) in [6, 6.07) is 21.8. The van der Waals surface area contributed by atoms with Gasteiger partial charge in [-0.15, -0.1) is 0 Å². The van der Waals surface area contributed by atoms with Crippen LogP contribution in [0.1, 0.15) is 58.0 Å². The third-order valence-corrected chi connectivity index (χ3v) is 5.16. The molecule has 0 aromatic heterocycles. The molecule has 160 valence electrons. The molecule has 0 unspecified atom stereocenters. The van der Waals surface area contributed by atoms with Gasteiger partial charge in [-0.2, -0.15) is 0 Å². The predicted octanol–water partition coefficient (Wildman–Crippen LogP) is 5.92. The molecule has 4 nitrogen and oxygen atoms in total. The highest BCUT2D eigenvalue weighted by Crippen LogP contribution is 2.24. The lowest BCUT2D eigenvalue weighted by atomic mass is 9.94. The van der Waals surface area contributed by atoms with Gasteiger partial charge in [0.1, 0.15) is 11.5 Å². The summed E-state index contributed by atoms with van der Waals surface area (Å²) in [5.74, 6) is 1.40. The Morgan fingerprint density at radius 2 is 1.55 bits per heavy atom. The fourth-order valence-corrected chi connectivity index (χ4v) is 3.33. The second-order valence-corrected chi connectivity index (χ2v) is 7.37. The minimum absolute atomic E-state index is 0.0513. The third-order valence-electron chi connectivity index (χ3n) is 5.16. The van der Waals surface area contributed by atoms with Crippen molar-refractivity contribution in [1.82, 2.24) is 0 Å². The molecular weight excluding hydrogens is 388 g/mol. The Bertz CT molecular complexity index is 1010. The molecule has 0 radical (unpaired) electrons. The molecular formula is C27H28O4. The molecule has 3 aromatic carbocycles. The molecule has 0 spiro atoms. The van der Waals surface area contributed by atoms with Crippen LogP contribution in [0.2, 0.25) is 0 Å². The molecule has 31 heavy (non-hydrogen) atoms. The number of Topliss-reactive ketones (excluding diaryl/α,β-unsaturated/α-hetero) is 1. The average Bonchev–Trinajstić information content (AvgIpc) is 2.83. The van der Waals surface area contributed by atoms with Gasteiger partial charge in [0.15, 0.2) is 11.6 Å². The van der Waals surface area contributed by atoms with Gasteiger partial charge in [0.2, 0.25) is 0 Å². The topological polar surface area (TPSA) is 52.6 Å². The van der Waals surface area contributed by atoms with Gasteiger partial charge in [-0.25, -0.2) is 0 Å². The first-order valence-corrected chi connectivity index (χ1v) is 10.6. The summed E-state index contributed by atoms with van der Waals surface area (Å²) < 4.78 is 11.0. The Hall–Kier alpha value is -3.40. The monoisotopic (exact) mass is 416 g/mol. The molecule has 0 atom stereocenters. The van der Waals surface area contributed by atoms with E-state index in [0.29, 0.717) is 41.9 Å². The number of hydrogen-bond acceptors (Lipinski definition) is 4. The molecule has 0 bridgehead atoms. The molecule has 0 aliphatic heterocycles. The van der Waals surface area contributed by atoms with E-state index in [-0.39, 0.29) is 11.6 Å². The summed E-state index contributed by atoms with van der Waals surface area (Å²) in [5.41, 5.74) is 2.65. The third kappa shape index (κ3) is 6.05. The molecule has 0 amide bonds. The fourth-order valence-electron chi connectivity index (χ4n) is 3.33. The smallest absolute Gasteiger partial charge is 0.193 e. The largest absolute Gasteiger partial charge is 0.497 e. The quantitative estimate of drug-likeness (QED) is 0.288. The van der Waals surface area contributed by atoms with Gasteiger partial charge in [0.25, 0.3) is 0 Å². The normalized spacial score (nSPS) is 10.5. The molecule has 0 saturated heterocycles. The van der Waals surface area contributed by atoms with Gasteiger partial charge in [0.05, 0.1) is 13.7 Å². The first kappa shape index (κ1) is 22.3. The minimum Gasteiger partial charge on any atom is -0.497 e. The number of methoxy groups -OCH3 is 1. The summed E-state index contributed by atoms with van der Waals surface area (Å²) >= 11 is 0. The molecule has 4 heteroatoms. The number of rotatable bonds is 11. The zero-order chi connectivity index (χ0) is 22.1. The van der Waals surface area contributed by atoms with E-state index < -0.39 is 0 Å². The summed E-state index contributed by atoms with van der Waals surface area (Å²) in [6.07, 6.45) is 2.85. The first-order chi connectivity index (χ1) is 15.1. The van der Waals surface area contributed by atoms with Gasteiger partial charge in [-0.05, 0) is 60.9 Å². The zero-order valence-electron chi connectivity index (χ0n) is 18.1. The average molecular weight is 417 g/mol. The maximum atomic E-state index is 13.2. The van der Waals surface area contributed by atoms with E-state index in [2.05, 4.69) is 6.92 Å². The van der Waals surface area contributed by atoms with Crippen LogP contribution in [-0.2, 0) is 6.42 Å². The maximum Gasteiger partial charge on any atom is 0.193 e. The van der Waals surface area contributed by atoms with Gasteiger partial charge in [0, 0.05) is 23.1 Å². The van der Waals surface area contributed by atoms with Crippen molar-refractivity contribution >= 4 is 11.6 Å². The Kier molecular flexibility index (Phi) is 7.99. The predicted molar refractivity (Wildman–Crippen MR) is 122 cm³/mol. The number of carbonyl (C=O) groups is 2. The van der Waals surface area contributed by atoms with Gasteiger partial charge >= 0.3 is 0 Å². The van der Waals surface area contributed by atoms with Crippen molar-refractivity contribution in [1.29, 1.82) is 0 Å². The van der Waals surface area contributed by atoms with Crippen molar-refractivity contribution < 1.29 is 19.1 Å².